The van der Waals surface area contributed by atoms with Crippen LogP contribution in [-0.4, -0.2) is 5.91 Å². The number of amides is 1. The summed E-state index contributed by atoms with van der Waals surface area (Å²) in [6.07, 6.45) is 6.94. The van der Waals surface area contributed by atoms with E-state index in [0.29, 0.717) is 6.42 Å². The van der Waals surface area contributed by atoms with Crippen molar-refractivity contribution in [3.05, 3.63) is 24.0 Å². The Morgan fingerprint density at radius 3 is 3.10 bits per heavy atom. The normalized spacial score (nSPS) is 15.8. The minimum atomic E-state index is -0.297. The van der Waals surface area contributed by atoms with Gasteiger partial charge in [0, 0.05) is 5.70 Å². The van der Waals surface area contributed by atoms with Gasteiger partial charge in [-0.3, -0.25) is 4.79 Å². The maximum atomic E-state index is 10.4. The van der Waals surface area contributed by atoms with E-state index in [1.807, 2.05) is 18.4 Å². The molecule has 0 radical (unpaired) electrons. The standard InChI is InChI=1S/C7H10N2O/c8-7(10)5-6-3-1-2-4-9-6/h2-4,9H,1,5H2,(H2,8,10). The molecule has 1 aliphatic rings. The quantitative estimate of drug-likeness (QED) is 0.574. The molecular formula is C7H10N2O. The summed E-state index contributed by atoms with van der Waals surface area (Å²) in [5.74, 6) is -0.297. The Labute approximate surface area is 59.6 Å². The number of nitrogens with two attached hydrogens (primary N) is 1. The average Bonchev–Trinajstić information content (AvgIpc) is 1.88. The Morgan fingerprint density at radius 1 is 1.80 bits per heavy atom. The molecule has 0 bridgehead atoms. The van der Waals surface area contributed by atoms with Crippen LogP contribution in [-0.2, 0) is 4.79 Å². The molecule has 3 nitrogen and oxygen atoms in total. The molecule has 0 aromatic rings. The van der Waals surface area contributed by atoms with E-state index in [-0.39, 0.29) is 5.91 Å². The second-order valence-corrected chi connectivity index (χ2v) is 2.15. The van der Waals surface area contributed by atoms with E-state index in [4.69, 9.17) is 5.73 Å². The number of dihydropyridines is 1. The van der Waals surface area contributed by atoms with Gasteiger partial charge in [0.25, 0.3) is 0 Å². The molecule has 0 spiro atoms. The van der Waals surface area contributed by atoms with Crippen molar-refractivity contribution in [3.8, 4) is 0 Å². The SMILES string of the molecule is NC(=O)CC1=CCC=CN1. The lowest BCUT2D eigenvalue weighted by Crippen LogP contribution is -2.17. The fourth-order valence-corrected chi connectivity index (χ4v) is 0.814. The van der Waals surface area contributed by atoms with Crippen LogP contribution in [0.3, 0.4) is 0 Å². The van der Waals surface area contributed by atoms with Gasteiger partial charge in [0.2, 0.25) is 5.91 Å². The monoisotopic (exact) mass is 138 g/mol. The van der Waals surface area contributed by atoms with Gasteiger partial charge in [-0.15, -0.1) is 0 Å². The van der Waals surface area contributed by atoms with Crippen LogP contribution in [0.25, 0.3) is 0 Å². The number of hydrogen-bond acceptors (Lipinski definition) is 2. The molecule has 10 heavy (non-hydrogen) atoms. The van der Waals surface area contributed by atoms with E-state index in [0.717, 1.165) is 12.1 Å². The van der Waals surface area contributed by atoms with Crippen LogP contribution in [0, 0.1) is 0 Å². The number of rotatable bonds is 2. The Kier molecular flexibility index (Phi) is 2.10. The molecule has 0 saturated heterocycles. The summed E-state index contributed by atoms with van der Waals surface area (Å²) in [4.78, 5) is 10.4. The minimum absolute atomic E-state index is 0.297. The molecule has 0 aromatic carbocycles. The topological polar surface area (TPSA) is 55.1 Å². The van der Waals surface area contributed by atoms with Crippen molar-refractivity contribution in [1.82, 2.24) is 5.32 Å². The molecule has 0 unspecified atom stereocenters. The van der Waals surface area contributed by atoms with Crippen LogP contribution in [0.2, 0.25) is 0 Å². The Hall–Kier alpha value is -1.25. The minimum Gasteiger partial charge on any atom is -0.369 e. The van der Waals surface area contributed by atoms with Crippen molar-refractivity contribution >= 4 is 5.91 Å². The van der Waals surface area contributed by atoms with Crippen LogP contribution in [0.4, 0.5) is 0 Å². The van der Waals surface area contributed by atoms with Gasteiger partial charge in [0.05, 0.1) is 6.42 Å². The molecular weight excluding hydrogens is 128 g/mol. The van der Waals surface area contributed by atoms with Crippen LogP contribution in [0.5, 0.6) is 0 Å². The molecule has 0 aromatic heterocycles. The Morgan fingerprint density at radius 2 is 2.60 bits per heavy atom. The van der Waals surface area contributed by atoms with Crippen LogP contribution < -0.4 is 11.1 Å². The fraction of sp³-hybridized carbons (Fsp3) is 0.286. The highest BCUT2D eigenvalue weighted by atomic mass is 16.1. The summed E-state index contributed by atoms with van der Waals surface area (Å²) in [5.41, 5.74) is 5.88. The molecule has 54 valence electrons. The summed E-state index contributed by atoms with van der Waals surface area (Å²) in [6.45, 7) is 0. The van der Waals surface area contributed by atoms with Crippen LogP contribution in [0.1, 0.15) is 12.8 Å². The third kappa shape index (κ3) is 1.93. The van der Waals surface area contributed by atoms with Gasteiger partial charge in [-0.25, -0.2) is 0 Å². The molecule has 1 amide bonds. The first-order chi connectivity index (χ1) is 4.79. The van der Waals surface area contributed by atoms with E-state index in [1.54, 1.807) is 0 Å². The van der Waals surface area contributed by atoms with E-state index in [2.05, 4.69) is 5.32 Å². The van der Waals surface area contributed by atoms with Gasteiger partial charge in [-0.05, 0) is 12.6 Å². The summed E-state index contributed by atoms with van der Waals surface area (Å²) >= 11 is 0. The molecule has 1 heterocycles. The molecule has 0 atom stereocenters. The Balaban J connectivity index is 2.41. The van der Waals surface area contributed by atoms with Gasteiger partial charge < -0.3 is 11.1 Å². The highest BCUT2D eigenvalue weighted by molar-refractivity contribution is 5.76. The van der Waals surface area contributed by atoms with E-state index < -0.39 is 0 Å². The zero-order chi connectivity index (χ0) is 7.40. The molecule has 0 saturated carbocycles. The van der Waals surface area contributed by atoms with Gasteiger partial charge in [0.1, 0.15) is 0 Å². The second-order valence-electron chi connectivity index (χ2n) is 2.15. The zero-order valence-corrected chi connectivity index (χ0v) is 5.63. The van der Waals surface area contributed by atoms with Crippen molar-refractivity contribution in [2.24, 2.45) is 5.73 Å². The van der Waals surface area contributed by atoms with Gasteiger partial charge in [-0.2, -0.15) is 0 Å². The summed E-state index contributed by atoms with van der Waals surface area (Å²) in [6, 6.07) is 0. The van der Waals surface area contributed by atoms with Crippen molar-refractivity contribution in [2.45, 2.75) is 12.8 Å². The first kappa shape index (κ1) is 6.86. The van der Waals surface area contributed by atoms with E-state index in [9.17, 15) is 4.79 Å². The number of nitrogens with one attached hydrogen (secondary N) is 1. The van der Waals surface area contributed by atoms with E-state index in [1.165, 1.54) is 0 Å². The van der Waals surface area contributed by atoms with Crippen molar-refractivity contribution in [1.29, 1.82) is 0 Å². The van der Waals surface area contributed by atoms with Gasteiger partial charge >= 0.3 is 0 Å². The predicted molar refractivity (Wildman–Crippen MR) is 38.8 cm³/mol. The molecule has 3 N–H and O–H groups in total. The highest BCUT2D eigenvalue weighted by Gasteiger charge is 2.00. The van der Waals surface area contributed by atoms with Crippen LogP contribution in [0.15, 0.2) is 24.0 Å². The van der Waals surface area contributed by atoms with Crippen molar-refractivity contribution in [3.63, 3.8) is 0 Å². The Bertz CT molecular complexity index is 194. The maximum Gasteiger partial charge on any atom is 0.223 e. The zero-order valence-electron chi connectivity index (χ0n) is 5.63. The predicted octanol–water partition coefficient (Wildman–Crippen LogP) is 0.253. The number of primary amides is 1. The largest absolute Gasteiger partial charge is 0.369 e. The van der Waals surface area contributed by atoms with Gasteiger partial charge in [-0.1, -0.05) is 12.2 Å². The number of hydrogen-bond donors (Lipinski definition) is 2. The lowest BCUT2D eigenvalue weighted by Gasteiger charge is -2.07. The lowest BCUT2D eigenvalue weighted by atomic mass is 10.2. The summed E-state index contributed by atoms with van der Waals surface area (Å²) in [7, 11) is 0. The highest BCUT2D eigenvalue weighted by Crippen LogP contribution is 2.03. The number of allylic oxidation sites excluding steroid dienone is 2. The first-order valence-electron chi connectivity index (χ1n) is 3.18. The fourth-order valence-electron chi connectivity index (χ4n) is 0.814. The van der Waals surface area contributed by atoms with Crippen molar-refractivity contribution in [2.75, 3.05) is 0 Å². The van der Waals surface area contributed by atoms with E-state index >= 15 is 0 Å². The summed E-state index contributed by atoms with van der Waals surface area (Å²) < 4.78 is 0. The lowest BCUT2D eigenvalue weighted by molar-refractivity contribution is -0.117. The second kappa shape index (κ2) is 3.06. The number of carbonyl (C=O) groups excluding carboxylic acids is 1. The number of carbonyl (C=O) groups is 1. The average molecular weight is 138 g/mol. The van der Waals surface area contributed by atoms with Crippen LogP contribution >= 0.6 is 0 Å². The summed E-state index contributed by atoms with van der Waals surface area (Å²) in [5, 5.41) is 2.93. The molecule has 1 aliphatic heterocycles. The smallest absolute Gasteiger partial charge is 0.223 e. The molecule has 3 heteroatoms. The third-order valence-corrected chi connectivity index (χ3v) is 1.25. The van der Waals surface area contributed by atoms with Crippen molar-refractivity contribution < 1.29 is 4.79 Å². The van der Waals surface area contributed by atoms with Gasteiger partial charge in [0.15, 0.2) is 0 Å². The maximum absolute atomic E-state index is 10.4. The molecule has 0 fully saturated rings. The third-order valence-electron chi connectivity index (χ3n) is 1.25. The molecule has 1 rings (SSSR count). The first-order valence-corrected chi connectivity index (χ1v) is 3.18. The molecule has 0 aliphatic carbocycles.